The van der Waals surface area contributed by atoms with E-state index in [1.165, 1.54) is 0 Å². The highest BCUT2D eigenvalue weighted by Gasteiger charge is 1.98. The van der Waals surface area contributed by atoms with Gasteiger partial charge in [0.1, 0.15) is 0 Å². The van der Waals surface area contributed by atoms with E-state index < -0.39 is 12.2 Å². The SMILES string of the molecule is C=CC.F.F.F.F.F.F.FC(F)=C(F)F. The molecule has 0 amide bonds. The van der Waals surface area contributed by atoms with Crippen molar-refractivity contribution in [1.82, 2.24) is 0 Å². The monoisotopic (exact) mass is 262 g/mol. The molecule has 10 heteroatoms. The van der Waals surface area contributed by atoms with Crippen LogP contribution in [0.3, 0.4) is 0 Å². The minimum Gasteiger partial charge on any atom is -0.269 e. The third-order valence-electron chi connectivity index (χ3n) is 0.143. The van der Waals surface area contributed by atoms with Crippen LogP contribution in [0, 0.1) is 0 Å². The van der Waals surface area contributed by atoms with Gasteiger partial charge in [0.25, 0.3) is 0 Å². The van der Waals surface area contributed by atoms with Crippen molar-refractivity contribution in [2.45, 2.75) is 6.92 Å². The van der Waals surface area contributed by atoms with Crippen molar-refractivity contribution in [3.8, 4) is 0 Å². The van der Waals surface area contributed by atoms with Crippen molar-refractivity contribution < 1.29 is 45.8 Å². The van der Waals surface area contributed by atoms with Crippen LogP contribution in [0.25, 0.3) is 0 Å². The Morgan fingerprint density at radius 3 is 0.800 bits per heavy atom. The molecule has 0 heterocycles. The molecule has 0 aliphatic rings. The Bertz CT molecular complexity index is 92.4. The average molecular weight is 262 g/mol. The third kappa shape index (κ3) is 192. The Labute approximate surface area is 78.9 Å². The second-order valence-electron chi connectivity index (χ2n) is 0.929. The standard InChI is InChI=1S/C3H6.C2F4.6FH/c1-3-2;3-1(4)2(5)6;;;;;;/h3H,1H2,2H3;;6*1H. The van der Waals surface area contributed by atoms with E-state index in [9.17, 15) is 17.6 Å². The molecule has 0 fully saturated rings. The predicted molar refractivity (Wildman–Crippen MR) is 42.3 cm³/mol. The van der Waals surface area contributed by atoms with E-state index in [1.54, 1.807) is 6.08 Å². The maximum Gasteiger partial charge on any atom is 0.334 e. The summed E-state index contributed by atoms with van der Waals surface area (Å²) in [5.41, 5.74) is 0. The van der Waals surface area contributed by atoms with Crippen LogP contribution in [-0.4, -0.2) is 0 Å². The Hall–Kier alpha value is -1.22. The van der Waals surface area contributed by atoms with Gasteiger partial charge < -0.3 is 0 Å². The molecule has 0 atom stereocenters. The van der Waals surface area contributed by atoms with E-state index >= 15 is 0 Å². The van der Waals surface area contributed by atoms with Gasteiger partial charge in [-0.05, 0) is 6.92 Å². The molecule has 0 aliphatic heterocycles. The van der Waals surface area contributed by atoms with E-state index in [-0.39, 0.29) is 28.2 Å². The predicted octanol–water partition coefficient (Wildman–Crippen LogP) is 4.10. The molecule has 0 rings (SSSR count). The number of halogens is 10. The molecule has 0 N–H and O–H groups in total. The molecule has 0 radical (unpaired) electrons. The molecule has 0 nitrogen and oxygen atoms in total. The van der Waals surface area contributed by atoms with Crippen molar-refractivity contribution in [2.24, 2.45) is 0 Å². The van der Waals surface area contributed by atoms with E-state index in [4.69, 9.17) is 0 Å². The zero-order valence-electron chi connectivity index (χ0n) is 7.25. The molecule has 0 saturated carbocycles. The van der Waals surface area contributed by atoms with Gasteiger partial charge in [-0.2, -0.15) is 17.6 Å². The molecule has 0 bridgehead atoms. The molecule has 0 aromatic heterocycles. The van der Waals surface area contributed by atoms with Crippen molar-refractivity contribution in [1.29, 1.82) is 0 Å². The molecule has 0 aromatic rings. The van der Waals surface area contributed by atoms with Crippen LogP contribution < -0.4 is 0 Å². The number of hydrogen-bond acceptors (Lipinski definition) is 0. The molecule has 15 heavy (non-hydrogen) atoms. The minimum absolute atomic E-state index is 0. The molecule has 0 spiro atoms. The second-order valence-corrected chi connectivity index (χ2v) is 0.929. The van der Waals surface area contributed by atoms with Crippen LogP contribution in [0.2, 0.25) is 0 Å². The summed E-state index contributed by atoms with van der Waals surface area (Å²) < 4.78 is 41.1. The van der Waals surface area contributed by atoms with Crippen LogP contribution >= 0.6 is 0 Å². The fraction of sp³-hybridized carbons (Fsp3) is 0.200. The summed E-state index contributed by atoms with van der Waals surface area (Å²) >= 11 is 0. The van der Waals surface area contributed by atoms with Gasteiger partial charge in [-0.15, -0.1) is 6.58 Å². The number of rotatable bonds is 0. The first-order valence-corrected chi connectivity index (χ1v) is 1.99. The normalized spacial score (nSPS) is 4.07. The Morgan fingerprint density at radius 2 is 0.800 bits per heavy atom. The number of hydrogen-bond donors (Lipinski definition) is 0. The van der Waals surface area contributed by atoms with Crippen LogP contribution in [-0.2, 0) is 0 Å². The first-order valence-electron chi connectivity index (χ1n) is 1.99. The average Bonchev–Trinajstić information content (AvgIpc) is 1.68. The minimum atomic E-state index is -2.91. The summed E-state index contributed by atoms with van der Waals surface area (Å²) in [7, 11) is 0. The summed E-state index contributed by atoms with van der Waals surface area (Å²) in [6.07, 6.45) is -4.06. The molecule has 0 aromatic carbocycles. The van der Waals surface area contributed by atoms with Gasteiger partial charge in [0.05, 0.1) is 0 Å². The van der Waals surface area contributed by atoms with Crippen molar-refractivity contribution >= 4 is 0 Å². The largest absolute Gasteiger partial charge is 0.334 e. The highest BCUT2D eigenvalue weighted by Crippen LogP contribution is 2.08. The lowest BCUT2D eigenvalue weighted by molar-refractivity contribution is 0.308. The zero-order valence-corrected chi connectivity index (χ0v) is 7.25. The molecular formula is C5H12F10. The van der Waals surface area contributed by atoms with E-state index in [0.717, 1.165) is 0 Å². The van der Waals surface area contributed by atoms with Gasteiger partial charge in [0, 0.05) is 0 Å². The highest BCUT2D eigenvalue weighted by atomic mass is 19.3. The molecule has 0 saturated heterocycles. The van der Waals surface area contributed by atoms with Gasteiger partial charge in [-0.1, -0.05) is 6.08 Å². The van der Waals surface area contributed by atoms with Crippen molar-refractivity contribution in [3.05, 3.63) is 24.8 Å². The third-order valence-corrected chi connectivity index (χ3v) is 0.143. The fourth-order valence-corrected chi connectivity index (χ4v) is 0. The fourth-order valence-electron chi connectivity index (χ4n) is 0. The Kier molecular flexibility index (Phi) is 238. The zero-order chi connectivity index (χ0) is 7.86. The quantitative estimate of drug-likeness (QED) is 0.455. The van der Waals surface area contributed by atoms with Crippen LogP contribution in [0.4, 0.5) is 45.8 Å². The maximum absolute atomic E-state index is 10.3. The lowest BCUT2D eigenvalue weighted by Crippen LogP contribution is -1.56. The number of allylic oxidation sites excluding steroid dienone is 1. The van der Waals surface area contributed by atoms with Crippen LogP contribution in [0.1, 0.15) is 6.92 Å². The topological polar surface area (TPSA) is 0 Å². The lowest BCUT2D eigenvalue weighted by atomic mass is 10.8. The van der Waals surface area contributed by atoms with Gasteiger partial charge in [-0.25, -0.2) is 0 Å². The summed E-state index contributed by atoms with van der Waals surface area (Å²) in [5.74, 6) is 0. The molecule has 102 valence electrons. The first kappa shape index (κ1) is 67.4. The smallest absolute Gasteiger partial charge is 0.269 e. The van der Waals surface area contributed by atoms with E-state index in [2.05, 4.69) is 6.58 Å². The molecular weight excluding hydrogens is 250 g/mol. The van der Waals surface area contributed by atoms with Crippen LogP contribution in [0.5, 0.6) is 0 Å². The maximum atomic E-state index is 10.3. The lowest BCUT2D eigenvalue weighted by Gasteiger charge is -1.69. The molecule has 0 unspecified atom stereocenters. The van der Waals surface area contributed by atoms with E-state index in [0.29, 0.717) is 0 Å². The second kappa shape index (κ2) is 53.1. The van der Waals surface area contributed by atoms with Gasteiger partial charge >= 0.3 is 12.2 Å². The van der Waals surface area contributed by atoms with Crippen molar-refractivity contribution in [3.63, 3.8) is 0 Å². The van der Waals surface area contributed by atoms with E-state index in [1.807, 2.05) is 6.92 Å². The Balaban J connectivity index is -0.00000000843. The van der Waals surface area contributed by atoms with Crippen LogP contribution in [0.15, 0.2) is 24.8 Å². The van der Waals surface area contributed by atoms with Crippen molar-refractivity contribution in [2.75, 3.05) is 0 Å². The van der Waals surface area contributed by atoms with Gasteiger partial charge in [0.15, 0.2) is 0 Å². The molecule has 0 aliphatic carbocycles. The Morgan fingerprint density at radius 1 is 0.733 bits per heavy atom. The summed E-state index contributed by atoms with van der Waals surface area (Å²) in [6, 6.07) is 0. The summed E-state index contributed by atoms with van der Waals surface area (Å²) in [4.78, 5) is 0. The summed E-state index contributed by atoms with van der Waals surface area (Å²) in [6.45, 7) is 5.25. The highest BCUT2D eigenvalue weighted by molar-refractivity contribution is 4.77. The van der Waals surface area contributed by atoms with Gasteiger partial charge in [-0.3, -0.25) is 28.2 Å². The first-order chi connectivity index (χ1) is 4.06. The summed E-state index contributed by atoms with van der Waals surface area (Å²) in [5, 5.41) is 0. The van der Waals surface area contributed by atoms with Gasteiger partial charge in [0.2, 0.25) is 0 Å².